The van der Waals surface area contributed by atoms with Gasteiger partial charge in [-0.25, -0.2) is 4.39 Å². The zero-order valence-corrected chi connectivity index (χ0v) is 10.9. The van der Waals surface area contributed by atoms with Crippen LogP contribution in [0.2, 0.25) is 5.02 Å². The van der Waals surface area contributed by atoms with Crippen molar-refractivity contribution in [2.75, 3.05) is 6.54 Å². The van der Waals surface area contributed by atoms with Crippen LogP contribution in [-0.2, 0) is 6.42 Å². The molecule has 3 heteroatoms. The van der Waals surface area contributed by atoms with Gasteiger partial charge in [-0.2, -0.15) is 0 Å². The maximum Gasteiger partial charge on any atom is 0.142 e. The molecule has 1 atom stereocenters. The summed E-state index contributed by atoms with van der Waals surface area (Å²) < 4.78 is 13.3. The lowest BCUT2D eigenvalue weighted by molar-refractivity contribution is 0.465. The van der Waals surface area contributed by atoms with E-state index in [0.29, 0.717) is 6.04 Å². The molecule has 1 N–H and O–H groups in total. The SMILES string of the molecule is CCNC(Cc1cccc(F)c1Cl)CC1CC1. The van der Waals surface area contributed by atoms with Gasteiger partial charge in [0.1, 0.15) is 5.82 Å². The molecule has 17 heavy (non-hydrogen) atoms. The Morgan fingerprint density at radius 3 is 2.88 bits per heavy atom. The fraction of sp³-hybridized carbons (Fsp3) is 0.571. The van der Waals surface area contributed by atoms with Crippen LogP contribution in [0.3, 0.4) is 0 Å². The number of hydrogen-bond acceptors (Lipinski definition) is 1. The molecule has 0 bridgehead atoms. The molecule has 0 heterocycles. The van der Waals surface area contributed by atoms with Crippen LogP contribution in [0.15, 0.2) is 18.2 Å². The van der Waals surface area contributed by atoms with Gasteiger partial charge in [-0.3, -0.25) is 0 Å². The predicted octanol–water partition coefficient (Wildman–Crippen LogP) is 3.80. The van der Waals surface area contributed by atoms with Crippen LogP contribution in [0.25, 0.3) is 0 Å². The Kier molecular flexibility index (Phi) is 4.41. The van der Waals surface area contributed by atoms with Crippen molar-refractivity contribution in [1.29, 1.82) is 0 Å². The van der Waals surface area contributed by atoms with Gasteiger partial charge in [-0.05, 0) is 36.9 Å². The first-order valence-electron chi connectivity index (χ1n) is 6.37. The maximum absolute atomic E-state index is 13.3. The zero-order valence-electron chi connectivity index (χ0n) is 10.2. The molecule has 1 saturated carbocycles. The van der Waals surface area contributed by atoms with Gasteiger partial charge in [0.25, 0.3) is 0 Å². The zero-order chi connectivity index (χ0) is 12.3. The van der Waals surface area contributed by atoms with Crippen LogP contribution in [0, 0.1) is 11.7 Å². The Bertz CT molecular complexity index is 376. The predicted molar refractivity (Wildman–Crippen MR) is 69.9 cm³/mol. The number of halogens is 2. The third kappa shape index (κ3) is 3.68. The second-order valence-corrected chi connectivity index (χ2v) is 5.23. The van der Waals surface area contributed by atoms with Gasteiger partial charge in [0.05, 0.1) is 5.02 Å². The molecule has 0 aliphatic heterocycles. The fourth-order valence-corrected chi connectivity index (χ4v) is 2.46. The van der Waals surface area contributed by atoms with Crippen molar-refractivity contribution in [3.63, 3.8) is 0 Å². The van der Waals surface area contributed by atoms with Crippen molar-refractivity contribution in [3.05, 3.63) is 34.6 Å². The summed E-state index contributed by atoms with van der Waals surface area (Å²) >= 11 is 5.99. The van der Waals surface area contributed by atoms with E-state index in [4.69, 9.17) is 11.6 Å². The highest BCUT2D eigenvalue weighted by Gasteiger charge is 2.25. The molecule has 1 aromatic carbocycles. The molecule has 0 radical (unpaired) electrons. The molecule has 0 aromatic heterocycles. The van der Waals surface area contributed by atoms with E-state index in [-0.39, 0.29) is 10.8 Å². The first-order valence-corrected chi connectivity index (χ1v) is 6.74. The van der Waals surface area contributed by atoms with Crippen molar-refractivity contribution in [3.8, 4) is 0 Å². The van der Waals surface area contributed by atoms with Crippen LogP contribution >= 0.6 is 11.6 Å². The van der Waals surface area contributed by atoms with Crippen molar-refractivity contribution in [2.45, 2.75) is 38.6 Å². The monoisotopic (exact) mass is 255 g/mol. The number of benzene rings is 1. The summed E-state index contributed by atoms with van der Waals surface area (Å²) in [5.41, 5.74) is 0.915. The highest BCUT2D eigenvalue weighted by atomic mass is 35.5. The number of likely N-dealkylation sites (N-methyl/N-ethyl adjacent to an activating group) is 1. The summed E-state index contributed by atoms with van der Waals surface area (Å²) in [6.07, 6.45) is 4.69. The minimum atomic E-state index is -0.314. The molecule has 0 amide bonds. The lowest BCUT2D eigenvalue weighted by Crippen LogP contribution is -2.31. The Balaban J connectivity index is 2.02. The van der Waals surface area contributed by atoms with Crippen LogP contribution in [0.4, 0.5) is 4.39 Å². The quantitative estimate of drug-likeness (QED) is 0.815. The molecule has 1 aromatic rings. The first kappa shape index (κ1) is 12.8. The Morgan fingerprint density at radius 1 is 1.47 bits per heavy atom. The van der Waals surface area contributed by atoms with Crippen LogP contribution in [-0.4, -0.2) is 12.6 Å². The highest BCUT2D eigenvalue weighted by molar-refractivity contribution is 6.31. The second kappa shape index (κ2) is 5.83. The molecule has 1 aliphatic carbocycles. The van der Waals surface area contributed by atoms with Crippen LogP contribution in [0.1, 0.15) is 31.7 Å². The Labute approximate surface area is 107 Å². The molecule has 1 aliphatic rings. The molecule has 1 fully saturated rings. The molecule has 1 unspecified atom stereocenters. The number of nitrogens with one attached hydrogen (secondary N) is 1. The van der Waals surface area contributed by atoms with Crippen molar-refractivity contribution in [2.24, 2.45) is 5.92 Å². The molecule has 1 nitrogen and oxygen atoms in total. The summed E-state index contributed by atoms with van der Waals surface area (Å²) in [6, 6.07) is 5.49. The molecule has 94 valence electrons. The van der Waals surface area contributed by atoms with E-state index < -0.39 is 0 Å². The molecule has 0 spiro atoms. The lowest BCUT2D eigenvalue weighted by Gasteiger charge is -2.18. The van der Waals surface area contributed by atoms with E-state index in [0.717, 1.165) is 24.4 Å². The first-order chi connectivity index (χ1) is 8.20. The molecule has 0 saturated heterocycles. The van der Waals surface area contributed by atoms with Gasteiger partial charge >= 0.3 is 0 Å². The molecular weight excluding hydrogens is 237 g/mol. The summed E-state index contributed by atoms with van der Waals surface area (Å²) in [4.78, 5) is 0. The van der Waals surface area contributed by atoms with E-state index in [1.54, 1.807) is 6.07 Å². The van der Waals surface area contributed by atoms with E-state index >= 15 is 0 Å². The number of hydrogen-bond donors (Lipinski definition) is 1. The second-order valence-electron chi connectivity index (χ2n) is 4.85. The van der Waals surface area contributed by atoms with Crippen molar-refractivity contribution < 1.29 is 4.39 Å². The van der Waals surface area contributed by atoms with Crippen LogP contribution < -0.4 is 5.32 Å². The fourth-order valence-electron chi connectivity index (χ4n) is 2.25. The summed E-state index contributed by atoms with van der Waals surface area (Å²) in [7, 11) is 0. The van der Waals surface area contributed by atoms with Crippen LogP contribution in [0.5, 0.6) is 0 Å². The number of rotatable bonds is 6. The van der Waals surface area contributed by atoms with Gasteiger partial charge in [0.15, 0.2) is 0 Å². The maximum atomic E-state index is 13.3. The van der Waals surface area contributed by atoms with Gasteiger partial charge in [-0.1, -0.05) is 43.5 Å². The molecule has 2 rings (SSSR count). The Morgan fingerprint density at radius 2 is 2.24 bits per heavy atom. The van der Waals surface area contributed by atoms with Crippen molar-refractivity contribution in [1.82, 2.24) is 5.32 Å². The van der Waals surface area contributed by atoms with E-state index in [1.807, 2.05) is 6.07 Å². The summed E-state index contributed by atoms with van der Waals surface area (Å²) in [6.45, 7) is 3.05. The van der Waals surface area contributed by atoms with E-state index in [1.165, 1.54) is 25.3 Å². The van der Waals surface area contributed by atoms with Gasteiger partial charge in [-0.15, -0.1) is 0 Å². The summed E-state index contributed by atoms with van der Waals surface area (Å²) in [5.74, 6) is 0.553. The van der Waals surface area contributed by atoms with Gasteiger partial charge < -0.3 is 5.32 Å². The van der Waals surface area contributed by atoms with E-state index in [2.05, 4.69) is 12.2 Å². The molecular formula is C14H19ClFN. The standard InChI is InChI=1S/C14H19ClFN/c1-2-17-12(8-10-6-7-10)9-11-4-3-5-13(16)14(11)15/h3-5,10,12,17H,2,6-9H2,1H3. The van der Waals surface area contributed by atoms with Crippen molar-refractivity contribution >= 4 is 11.6 Å². The van der Waals surface area contributed by atoms with E-state index in [9.17, 15) is 4.39 Å². The smallest absolute Gasteiger partial charge is 0.142 e. The minimum Gasteiger partial charge on any atom is -0.314 e. The Hall–Kier alpha value is -0.600. The third-order valence-electron chi connectivity index (χ3n) is 3.31. The normalized spacial score (nSPS) is 17.1. The van der Waals surface area contributed by atoms with Gasteiger partial charge in [0, 0.05) is 6.04 Å². The average Bonchev–Trinajstić information content (AvgIpc) is 3.09. The minimum absolute atomic E-state index is 0.284. The average molecular weight is 256 g/mol. The highest BCUT2D eigenvalue weighted by Crippen LogP contribution is 2.34. The largest absolute Gasteiger partial charge is 0.314 e. The van der Waals surface area contributed by atoms with Gasteiger partial charge in [0.2, 0.25) is 0 Å². The summed E-state index contributed by atoms with van der Waals surface area (Å²) in [5, 5.41) is 3.75. The third-order valence-corrected chi connectivity index (χ3v) is 3.73. The topological polar surface area (TPSA) is 12.0 Å². The lowest BCUT2D eigenvalue weighted by atomic mass is 10.0.